The Kier molecular flexibility index (Phi) is 4.60. The van der Waals surface area contributed by atoms with E-state index >= 15 is 0 Å². The Morgan fingerprint density at radius 1 is 1.28 bits per heavy atom. The molecule has 3 rings (SSSR count). The minimum Gasteiger partial charge on any atom is -0.487 e. The van der Waals surface area contributed by atoms with Crippen LogP contribution < -0.4 is 15.4 Å². The van der Waals surface area contributed by atoms with Crippen molar-refractivity contribution < 1.29 is 9.13 Å². The van der Waals surface area contributed by atoms with Gasteiger partial charge in [-0.3, -0.25) is 0 Å². The molecule has 0 spiro atoms. The first kappa shape index (κ1) is 17.2. The minimum atomic E-state index is -0.382. The molecule has 0 aliphatic carbocycles. The van der Waals surface area contributed by atoms with Crippen molar-refractivity contribution in [3.05, 3.63) is 59.4 Å². The first-order valence-corrected chi connectivity index (χ1v) is 8.33. The van der Waals surface area contributed by atoms with E-state index in [4.69, 9.17) is 22.2 Å². The number of benzene rings is 2. The predicted octanol–water partition coefficient (Wildman–Crippen LogP) is 4.29. The topological polar surface area (TPSA) is 57.1 Å². The Bertz CT molecular complexity index is 843. The number of thiocarbonyl (C=S) groups is 1. The van der Waals surface area contributed by atoms with Crippen LogP contribution in [0.2, 0.25) is 0 Å². The fourth-order valence-corrected chi connectivity index (χ4v) is 3.17. The molecule has 2 aromatic rings. The normalized spacial score (nSPS) is 17.6. The molecule has 0 bridgehead atoms. The third-order valence-electron chi connectivity index (χ3n) is 4.01. The number of halogens is 1. The number of hydrogen-bond acceptors (Lipinski definition) is 3. The number of nitriles is 1. The van der Waals surface area contributed by atoms with Crippen molar-refractivity contribution in [1.29, 1.82) is 5.26 Å². The SMILES string of the molecule is CC1(C)C[C@@H](NC(=S)Nc2ccc(C#N)cc2)c2cc(F)ccc2O1. The summed E-state index contributed by atoms with van der Waals surface area (Å²) in [6.07, 6.45) is 0.651. The summed E-state index contributed by atoms with van der Waals surface area (Å²) in [5.74, 6) is 0.358. The number of fused-ring (bicyclic) bond motifs is 1. The third-order valence-corrected chi connectivity index (χ3v) is 4.23. The first-order chi connectivity index (χ1) is 11.9. The van der Waals surface area contributed by atoms with E-state index in [-0.39, 0.29) is 17.5 Å². The molecular formula is C19H18FN3OS. The van der Waals surface area contributed by atoms with Crippen molar-refractivity contribution in [2.45, 2.75) is 31.9 Å². The van der Waals surface area contributed by atoms with Gasteiger partial charge in [0.25, 0.3) is 0 Å². The van der Waals surface area contributed by atoms with Crippen molar-refractivity contribution in [3.63, 3.8) is 0 Å². The van der Waals surface area contributed by atoms with Crippen LogP contribution >= 0.6 is 12.2 Å². The van der Waals surface area contributed by atoms with Crippen LogP contribution in [0.3, 0.4) is 0 Å². The second-order valence-electron chi connectivity index (χ2n) is 6.59. The average molecular weight is 355 g/mol. The highest BCUT2D eigenvalue weighted by Crippen LogP contribution is 2.39. The van der Waals surface area contributed by atoms with Crippen LogP contribution in [0.1, 0.15) is 37.4 Å². The molecule has 0 radical (unpaired) electrons. The molecule has 6 heteroatoms. The molecule has 128 valence electrons. The lowest BCUT2D eigenvalue weighted by Gasteiger charge is -2.38. The minimum absolute atomic E-state index is 0.159. The molecule has 4 nitrogen and oxygen atoms in total. The van der Waals surface area contributed by atoms with Crippen molar-refractivity contribution >= 4 is 23.0 Å². The molecular weight excluding hydrogens is 337 g/mol. The Balaban J connectivity index is 1.76. The van der Waals surface area contributed by atoms with Gasteiger partial charge >= 0.3 is 0 Å². The molecule has 0 fully saturated rings. The molecule has 1 heterocycles. The van der Waals surface area contributed by atoms with Gasteiger partial charge in [0.15, 0.2) is 5.11 Å². The average Bonchev–Trinajstić information content (AvgIpc) is 2.55. The molecule has 2 N–H and O–H groups in total. The van der Waals surface area contributed by atoms with E-state index < -0.39 is 0 Å². The van der Waals surface area contributed by atoms with E-state index in [1.807, 2.05) is 13.8 Å². The molecule has 0 saturated heterocycles. The molecule has 2 aromatic carbocycles. The van der Waals surface area contributed by atoms with Crippen LogP contribution in [0.25, 0.3) is 0 Å². The summed E-state index contributed by atoms with van der Waals surface area (Å²) in [5.41, 5.74) is 1.73. The monoisotopic (exact) mass is 355 g/mol. The molecule has 1 aliphatic heterocycles. The van der Waals surface area contributed by atoms with Gasteiger partial charge in [0.2, 0.25) is 0 Å². The van der Waals surface area contributed by atoms with Gasteiger partial charge in [0, 0.05) is 17.7 Å². The van der Waals surface area contributed by atoms with Gasteiger partial charge in [-0.25, -0.2) is 4.39 Å². The lowest BCUT2D eigenvalue weighted by atomic mass is 9.90. The van der Waals surface area contributed by atoms with Crippen LogP contribution in [0.15, 0.2) is 42.5 Å². The zero-order valence-corrected chi connectivity index (χ0v) is 14.8. The van der Waals surface area contributed by atoms with Crippen LogP contribution in [0.5, 0.6) is 5.75 Å². The van der Waals surface area contributed by atoms with Crippen molar-refractivity contribution in [2.75, 3.05) is 5.32 Å². The van der Waals surface area contributed by atoms with Crippen molar-refractivity contribution in [2.24, 2.45) is 0 Å². The molecule has 25 heavy (non-hydrogen) atoms. The number of rotatable bonds is 2. The van der Waals surface area contributed by atoms with Gasteiger partial charge in [0.1, 0.15) is 17.2 Å². The summed E-state index contributed by atoms with van der Waals surface area (Å²) < 4.78 is 19.6. The van der Waals surface area contributed by atoms with Crippen LogP contribution in [-0.2, 0) is 0 Å². The highest BCUT2D eigenvalue weighted by atomic mass is 32.1. The van der Waals surface area contributed by atoms with Crippen LogP contribution in [-0.4, -0.2) is 10.7 Å². The first-order valence-electron chi connectivity index (χ1n) is 7.92. The highest BCUT2D eigenvalue weighted by Gasteiger charge is 2.34. The molecule has 0 unspecified atom stereocenters. The second kappa shape index (κ2) is 6.69. The zero-order valence-electron chi connectivity index (χ0n) is 14.0. The molecule has 1 aliphatic rings. The van der Waals surface area contributed by atoms with E-state index in [2.05, 4.69) is 16.7 Å². The summed E-state index contributed by atoms with van der Waals surface area (Å²) in [7, 11) is 0. The summed E-state index contributed by atoms with van der Waals surface area (Å²) in [5, 5.41) is 15.6. The maximum Gasteiger partial charge on any atom is 0.171 e. The fraction of sp³-hybridized carbons (Fsp3) is 0.263. The van der Waals surface area contributed by atoms with Gasteiger partial charge in [-0.05, 0) is 68.5 Å². The predicted molar refractivity (Wildman–Crippen MR) is 99.0 cm³/mol. The largest absolute Gasteiger partial charge is 0.487 e. The number of nitrogens with one attached hydrogen (secondary N) is 2. The maximum absolute atomic E-state index is 13.7. The highest BCUT2D eigenvalue weighted by molar-refractivity contribution is 7.80. The zero-order chi connectivity index (χ0) is 18.0. The smallest absolute Gasteiger partial charge is 0.171 e. The third kappa shape index (κ3) is 4.06. The van der Waals surface area contributed by atoms with Crippen molar-refractivity contribution in [1.82, 2.24) is 5.32 Å². The number of hydrogen-bond donors (Lipinski definition) is 2. The maximum atomic E-state index is 13.7. The van der Waals surface area contributed by atoms with E-state index in [0.29, 0.717) is 22.8 Å². The lowest BCUT2D eigenvalue weighted by Crippen LogP contribution is -2.42. The Morgan fingerprint density at radius 2 is 2.00 bits per heavy atom. The van der Waals surface area contributed by atoms with E-state index in [1.165, 1.54) is 12.1 Å². The summed E-state index contributed by atoms with van der Waals surface area (Å²) in [6.45, 7) is 3.98. The molecule has 0 aromatic heterocycles. The van der Waals surface area contributed by atoms with Gasteiger partial charge in [-0.15, -0.1) is 0 Å². The van der Waals surface area contributed by atoms with E-state index in [0.717, 1.165) is 11.3 Å². The Labute approximate surface area is 151 Å². The molecule has 1 atom stereocenters. The van der Waals surface area contributed by atoms with Crippen molar-refractivity contribution in [3.8, 4) is 11.8 Å². The Hall–Kier alpha value is -2.65. The second-order valence-corrected chi connectivity index (χ2v) is 7.00. The number of anilines is 1. The Morgan fingerprint density at radius 3 is 2.68 bits per heavy atom. The lowest BCUT2D eigenvalue weighted by molar-refractivity contribution is 0.0694. The summed E-state index contributed by atoms with van der Waals surface area (Å²) in [6, 6.07) is 13.4. The quantitative estimate of drug-likeness (QED) is 0.787. The number of ether oxygens (including phenoxy) is 1. The van der Waals surface area contributed by atoms with Gasteiger partial charge in [-0.2, -0.15) is 5.26 Å². The summed E-state index contributed by atoms with van der Waals surface area (Å²) >= 11 is 5.39. The van der Waals surface area contributed by atoms with E-state index in [1.54, 1.807) is 30.3 Å². The van der Waals surface area contributed by atoms with E-state index in [9.17, 15) is 4.39 Å². The van der Waals surface area contributed by atoms with Gasteiger partial charge in [-0.1, -0.05) is 0 Å². The number of nitrogens with zero attached hydrogens (tertiary/aromatic N) is 1. The van der Waals surface area contributed by atoms with Gasteiger partial charge < -0.3 is 15.4 Å². The molecule has 0 amide bonds. The van der Waals surface area contributed by atoms with Gasteiger partial charge in [0.05, 0.1) is 17.7 Å². The summed E-state index contributed by atoms with van der Waals surface area (Å²) in [4.78, 5) is 0. The van der Waals surface area contributed by atoms with Crippen LogP contribution in [0.4, 0.5) is 10.1 Å². The van der Waals surface area contributed by atoms with Crippen LogP contribution in [0, 0.1) is 17.1 Å². The fourth-order valence-electron chi connectivity index (χ4n) is 2.91. The molecule has 0 saturated carbocycles. The standard InChI is InChI=1S/C19H18FN3OS/c1-19(2)10-16(15-9-13(20)5-8-17(15)24-19)23-18(25)22-14-6-3-12(11-21)4-7-14/h3-9,16H,10H2,1-2H3,(H2,22,23,25)/t16-/m1/s1.